The molecular weight excluding hydrogens is 398 g/mol. The molecule has 1 aliphatic heterocycles. The molecule has 0 aromatic carbocycles. The second kappa shape index (κ2) is 8.68. The number of aromatic nitrogens is 3. The fourth-order valence-corrected chi connectivity index (χ4v) is 4.10. The van der Waals surface area contributed by atoms with Gasteiger partial charge in [0.05, 0.1) is 17.7 Å². The predicted molar refractivity (Wildman–Crippen MR) is 108 cm³/mol. The number of aryl methyl sites for hydroxylation is 1. The molecule has 3 heterocycles. The smallest absolute Gasteiger partial charge is 0.409 e. The molecule has 0 spiro atoms. The number of carbonyl (C=O) groups excluding carboxylic acids is 2. The van der Waals surface area contributed by atoms with Crippen molar-refractivity contribution in [1.82, 2.24) is 23.9 Å². The van der Waals surface area contributed by atoms with Gasteiger partial charge in [-0.25, -0.2) is 14.6 Å². The Bertz CT molecular complexity index is 1060. The van der Waals surface area contributed by atoms with Crippen molar-refractivity contribution in [2.75, 3.05) is 38.5 Å². The van der Waals surface area contributed by atoms with Gasteiger partial charge in [-0.2, -0.15) is 0 Å². The molecule has 29 heavy (non-hydrogen) atoms. The first kappa shape index (κ1) is 20.9. The van der Waals surface area contributed by atoms with E-state index < -0.39 is 11.2 Å². The maximum absolute atomic E-state index is 12.6. The maximum Gasteiger partial charge on any atom is 0.409 e. The first-order valence-corrected chi connectivity index (χ1v) is 10.2. The van der Waals surface area contributed by atoms with Crippen molar-refractivity contribution in [2.24, 2.45) is 14.1 Å². The molecule has 1 saturated heterocycles. The van der Waals surface area contributed by atoms with Gasteiger partial charge in [0.25, 0.3) is 5.56 Å². The molecule has 0 atom stereocenters. The number of hydrogen-bond acceptors (Lipinski definition) is 7. The van der Waals surface area contributed by atoms with Crippen molar-refractivity contribution >= 4 is 34.8 Å². The number of pyridine rings is 1. The number of amides is 2. The summed E-state index contributed by atoms with van der Waals surface area (Å²) in [6.07, 6.45) is 1.16. The quantitative estimate of drug-likeness (QED) is 0.641. The van der Waals surface area contributed by atoms with Gasteiger partial charge in [0, 0.05) is 51.4 Å². The Morgan fingerprint density at radius 1 is 1.10 bits per heavy atom. The van der Waals surface area contributed by atoms with E-state index in [1.165, 1.54) is 29.6 Å². The van der Waals surface area contributed by atoms with E-state index in [0.29, 0.717) is 48.7 Å². The van der Waals surface area contributed by atoms with Gasteiger partial charge in [0.15, 0.2) is 0 Å². The van der Waals surface area contributed by atoms with Crippen LogP contribution in [0.1, 0.15) is 6.92 Å². The number of fused-ring (bicyclic) bond motifs is 1. The molecule has 156 valence electrons. The number of hydrogen-bond donors (Lipinski definition) is 0. The first-order chi connectivity index (χ1) is 13.8. The third kappa shape index (κ3) is 4.14. The Hall–Kier alpha value is -2.82. The number of ether oxygens (including phenoxy) is 1. The molecule has 3 rings (SSSR count). The van der Waals surface area contributed by atoms with Crippen LogP contribution in [0.15, 0.2) is 26.7 Å². The predicted octanol–water partition coefficient (Wildman–Crippen LogP) is 0.0250. The van der Waals surface area contributed by atoms with E-state index in [1.807, 2.05) is 0 Å². The fraction of sp³-hybridized carbons (Fsp3) is 0.500. The molecule has 2 aromatic heterocycles. The van der Waals surface area contributed by atoms with Crippen LogP contribution in [0, 0.1) is 0 Å². The summed E-state index contributed by atoms with van der Waals surface area (Å²) in [5, 5.41) is 0.321. The number of carbonyl (C=O) groups is 2. The minimum Gasteiger partial charge on any atom is -0.450 e. The van der Waals surface area contributed by atoms with Crippen molar-refractivity contribution in [3.8, 4) is 0 Å². The van der Waals surface area contributed by atoms with Gasteiger partial charge < -0.3 is 14.5 Å². The van der Waals surface area contributed by atoms with Gasteiger partial charge >= 0.3 is 11.8 Å². The lowest BCUT2D eigenvalue weighted by Gasteiger charge is -2.34. The average molecular weight is 421 g/mol. The van der Waals surface area contributed by atoms with Crippen molar-refractivity contribution < 1.29 is 14.3 Å². The van der Waals surface area contributed by atoms with Gasteiger partial charge in [-0.3, -0.25) is 18.7 Å². The van der Waals surface area contributed by atoms with Crippen LogP contribution in [-0.2, 0) is 23.6 Å². The number of nitrogens with zero attached hydrogens (tertiary/aromatic N) is 5. The summed E-state index contributed by atoms with van der Waals surface area (Å²) in [4.78, 5) is 57.0. The lowest BCUT2D eigenvalue weighted by atomic mass is 10.3. The van der Waals surface area contributed by atoms with E-state index in [9.17, 15) is 19.2 Å². The Labute approximate surface area is 171 Å². The topological polar surface area (TPSA) is 107 Å². The molecule has 0 unspecified atom stereocenters. The third-order valence-electron chi connectivity index (χ3n) is 4.81. The molecule has 2 amide bonds. The summed E-state index contributed by atoms with van der Waals surface area (Å²) in [7, 11) is 2.97. The van der Waals surface area contributed by atoms with Gasteiger partial charge in [0.1, 0.15) is 5.65 Å². The first-order valence-electron chi connectivity index (χ1n) is 9.22. The largest absolute Gasteiger partial charge is 0.450 e. The van der Waals surface area contributed by atoms with E-state index in [4.69, 9.17) is 4.74 Å². The highest BCUT2D eigenvalue weighted by molar-refractivity contribution is 8.00. The Morgan fingerprint density at radius 2 is 1.76 bits per heavy atom. The molecule has 11 heteroatoms. The lowest BCUT2D eigenvalue weighted by molar-refractivity contribution is -0.129. The molecule has 0 N–H and O–H groups in total. The van der Waals surface area contributed by atoms with Crippen molar-refractivity contribution in [3.05, 3.63) is 33.1 Å². The van der Waals surface area contributed by atoms with Gasteiger partial charge in [-0.05, 0) is 13.0 Å². The van der Waals surface area contributed by atoms with Gasteiger partial charge in [-0.1, -0.05) is 0 Å². The Kier molecular flexibility index (Phi) is 6.26. The third-order valence-corrected chi connectivity index (χ3v) is 5.85. The molecule has 2 aromatic rings. The van der Waals surface area contributed by atoms with Crippen molar-refractivity contribution in [3.63, 3.8) is 0 Å². The summed E-state index contributed by atoms with van der Waals surface area (Å²) in [6.45, 7) is 3.80. The summed E-state index contributed by atoms with van der Waals surface area (Å²) in [6, 6.07) is 1.67. The standard InChI is InChI=1S/C18H23N5O5S/c1-4-28-18(27)23-9-7-22(8-10-23)13(24)11-29-12-5-6-19-15-14(12)16(25)21(3)17(26)20(15)2/h5-6H,4,7-11H2,1-3H3. The SMILES string of the molecule is CCOC(=O)N1CCN(C(=O)CSc2ccnc3c2c(=O)n(C)c(=O)n3C)CC1. The number of rotatable bonds is 4. The highest BCUT2D eigenvalue weighted by Crippen LogP contribution is 2.24. The van der Waals surface area contributed by atoms with E-state index in [-0.39, 0.29) is 17.8 Å². The summed E-state index contributed by atoms with van der Waals surface area (Å²) < 4.78 is 7.33. The van der Waals surface area contributed by atoms with Crippen LogP contribution >= 0.6 is 11.8 Å². The summed E-state index contributed by atoms with van der Waals surface area (Å²) in [5.41, 5.74) is -0.597. The highest BCUT2D eigenvalue weighted by Gasteiger charge is 2.25. The molecule has 0 saturated carbocycles. The molecule has 1 aliphatic rings. The van der Waals surface area contributed by atoms with Crippen LogP contribution in [-0.4, -0.2) is 74.5 Å². The van der Waals surface area contributed by atoms with Gasteiger partial charge in [-0.15, -0.1) is 11.8 Å². The van der Waals surface area contributed by atoms with Crippen LogP contribution in [0.2, 0.25) is 0 Å². The minimum atomic E-state index is -0.451. The molecular formula is C18H23N5O5S. The second-order valence-electron chi connectivity index (χ2n) is 6.57. The zero-order valence-electron chi connectivity index (χ0n) is 16.6. The lowest BCUT2D eigenvalue weighted by Crippen LogP contribution is -2.51. The molecule has 0 bridgehead atoms. The molecule has 1 fully saturated rings. The number of piperazine rings is 1. The van der Waals surface area contributed by atoms with E-state index in [1.54, 1.807) is 29.8 Å². The molecule has 0 aliphatic carbocycles. The average Bonchev–Trinajstić information content (AvgIpc) is 2.74. The van der Waals surface area contributed by atoms with Crippen molar-refractivity contribution in [1.29, 1.82) is 0 Å². The summed E-state index contributed by atoms with van der Waals surface area (Å²) >= 11 is 1.24. The van der Waals surface area contributed by atoms with E-state index in [2.05, 4.69) is 4.98 Å². The van der Waals surface area contributed by atoms with Crippen LogP contribution in [0.5, 0.6) is 0 Å². The van der Waals surface area contributed by atoms with E-state index in [0.717, 1.165) is 4.57 Å². The van der Waals surface area contributed by atoms with Crippen molar-refractivity contribution in [2.45, 2.75) is 11.8 Å². The van der Waals surface area contributed by atoms with E-state index >= 15 is 0 Å². The van der Waals surface area contributed by atoms with Crippen LogP contribution in [0.4, 0.5) is 4.79 Å². The Morgan fingerprint density at radius 3 is 2.41 bits per heavy atom. The Balaban J connectivity index is 1.70. The summed E-state index contributed by atoms with van der Waals surface area (Å²) in [5.74, 6) is 0.0648. The highest BCUT2D eigenvalue weighted by atomic mass is 32.2. The van der Waals surface area contributed by atoms with Gasteiger partial charge in [0.2, 0.25) is 5.91 Å². The number of thioether (sulfide) groups is 1. The zero-order valence-corrected chi connectivity index (χ0v) is 17.4. The minimum absolute atomic E-state index is 0.0786. The zero-order chi connectivity index (χ0) is 21.1. The normalized spacial score (nSPS) is 14.3. The monoisotopic (exact) mass is 421 g/mol. The second-order valence-corrected chi connectivity index (χ2v) is 7.59. The van der Waals surface area contributed by atoms with Crippen LogP contribution < -0.4 is 11.2 Å². The molecule has 10 nitrogen and oxygen atoms in total. The molecule has 0 radical (unpaired) electrons. The van der Waals surface area contributed by atoms with Crippen LogP contribution in [0.25, 0.3) is 11.0 Å². The maximum atomic E-state index is 12.6. The fourth-order valence-electron chi connectivity index (χ4n) is 3.16. The van der Waals surface area contributed by atoms with Crippen LogP contribution in [0.3, 0.4) is 0 Å².